The van der Waals surface area contributed by atoms with Gasteiger partial charge in [0, 0.05) is 16.7 Å². The van der Waals surface area contributed by atoms with Crippen LogP contribution in [0.25, 0.3) is 22.4 Å². The zero-order valence-electron chi connectivity index (χ0n) is 14.6. The summed E-state index contributed by atoms with van der Waals surface area (Å²) in [7, 11) is 0. The van der Waals surface area contributed by atoms with E-state index in [1.54, 1.807) is 6.07 Å². The fourth-order valence-electron chi connectivity index (χ4n) is 2.89. The molecule has 0 saturated heterocycles. The molecule has 2 aromatic heterocycles. The molecule has 0 amide bonds. The topological polar surface area (TPSA) is 105 Å². The molecular formula is C20H19N3O3. The number of hydrogen-bond acceptors (Lipinski definition) is 6. The molecule has 3 rings (SSSR count). The number of pyridine rings is 1. The lowest BCUT2D eigenvalue weighted by Crippen LogP contribution is -2.04. The largest absolute Gasteiger partial charge is 0.491 e. The molecule has 6 nitrogen and oxygen atoms in total. The number of para-hydroxylation sites is 1. The molecule has 0 spiro atoms. The standard InChI is InChI=1S/C20H19N3O3/c1-12-9-15(13(2)26-12)18-10-16(17(11-21)20(22)23-18)14-5-3-4-6-19(14)25-8-7-24/h3-6,9-10,24H,7-8H2,1-2H3,(H2,22,23). The van der Waals surface area contributed by atoms with E-state index in [0.717, 1.165) is 17.1 Å². The Kier molecular flexibility index (Phi) is 4.92. The van der Waals surface area contributed by atoms with Crippen molar-refractivity contribution in [1.29, 1.82) is 5.26 Å². The van der Waals surface area contributed by atoms with Crippen molar-refractivity contribution in [1.82, 2.24) is 4.98 Å². The Morgan fingerprint density at radius 2 is 1.96 bits per heavy atom. The van der Waals surface area contributed by atoms with E-state index in [1.807, 2.05) is 44.2 Å². The molecule has 26 heavy (non-hydrogen) atoms. The third kappa shape index (κ3) is 3.25. The minimum absolute atomic E-state index is 0.101. The minimum Gasteiger partial charge on any atom is -0.491 e. The van der Waals surface area contributed by atoms with Gasteiger partial charge in [0.25, 0.3) is 0 Å². The average Bonchev–Trinajstić information content (AvgIpc) is 2.97. The summed E-state index contributed by atoms with van der Waals surface area (Å²) in [6, 6.07) is 13.1. The van der Waals surface area contributed by atoms with E-state index in [0.29, 0.717) is 22.6 Å². The summed E-state index contributed by atoms with van der Waals surface area (Å²) in [5.41, 5.74) is 9.15. The number of aryl methyl sites for hydroxylation is 2. The highest BCUT2D eigenvalue weighted by atomic mass is 16.5. The molecule has 2 heterocycles. The molecule has 0 fully saturated rings. The summed E-state index contributed by atoms with van der Waals surface area (Å²) in [5.74, 6) is 2.22. The highest BCUT2D eigenvalue weighted by molar-refractivity contribution is 5.83. The molecule has 0 bridgehead atoms. The van der Waals surface area contributed by atoms with Crippen LogP contribution in [0.1, 0.15) is 17.1 Å². The van der Waals surface area contributed by atoms with Crippen LogP contribution in [0.3, 0.4) is 0 Å². The number of nitriles is 1. The number of aromatic nitrogens is 1. The van der Waals surface area contributed by atoms with Crippen LogP contribution < -0.4 is 10.5 Å². The van der Waals surface area contributed by atoms with Crippen LogP contribution in [0.5, 0.6) is 5.75 Å². The summed E-state index contributed by atoms with van der Waals surface area (Å²) in [5, 5.41) is 18.6. The molecule has 0 aliphatic carbocycles. The van der Waals surface area contributed by atoms with Crippen LogP contribution in [0.4, 0.5) is 5.82 Å². The van der Waals surface area contributed by atoms with Gasteiger partial charge in [-0.15, -0.1) is 0 Å². The van der Waals surface area contributed by atoms with E-state index in [4.69, 9.17) is 20.0 Å². The summed E-state index contributed by atoms with van der Waals surface area (Å²) < 4.78 is 11.2. The second-order valence-corrected chi connectivity index (χ2v) is 5.82. The van der Waals surface area contributed by atoms with Gasteiger partial charge in [-0.05, 0) is 32.0 Å². The van der Waals surface area contributed by atoms with Gasteiger partial charge in [0.15, 0.2) is 0 Å². The van der Waals surface area contributed by atoms with Gasteiger partial charge in [0.1, 0.15) is 41.3 Å². The number of aliphatic hydroxyl groups excluding tert-OH is 1. The number of nitrogens with zero attached hydrogens (tertiary/aromatic N) is 2. The van der Waals surface area contributed by atoms with Crippen LogP contribution >= 0.6 is 0 Å². The number of anilines is 1. The normalized spacial score (nSPS) is 10.5. The first kappa shape index (κ1) is 17.5. The third-order valence-corrected chi connectivity index (χ3v) is 4.00. The van der Waals surface area contributed by atoms with Gasteiger partial charge in [0.05, 0.1) is 12.3 Å². The number of furan rings is 1. The van der Waals surface area contributed by atoms with E-state index < -0.39 is 0 Å². The maximum absolute atomic E-state index is 9.58. The Hall–Kier alpha value is -3.30. The summed E-state index contributed by atoms with van der Waals surface area (Å²) in [6.45, 7) is 3.78. The summed E-state index contributed by atoms with van der Waals surface area (Å²) in [6.07, 6.45) is 0. The van der Waals surface area contributed by atoms with Crippen LogP contribution in [0.2, 0.25) is 0 Å². The van der Waals surface area contributed by atoms with Gasteiger partial charge >= 0.3 is 0 Å². The van der Waals surface area contributed by atoms with Crippen molar-refractivity contribution in [2.24, 2.45) is 0 Å². The van der Waals surface area contributed by atoms with E-state index in [-0.39, 0.29) is 24.6 Å². The lowest BCUT2D eigenvalue weighted by atomic mass is 9.97. The molecule has 0 unspecified atom stereocenters. The van der Waals surface area contributed by atoms with Crippen molar-refractivity contribution in [3.8, 4) is 34.2 Å². The molecule has 0 saturated carbocycles. The van der Waals surface area contributed by atoms with E-state index in [9.17, 15) is 5.26 Å². The number of ether oxygens (including phenoxy) is 1. The number of aliphatic hydroxyl groups is 1. The fourth-order valence-corrected chi connectivity index (χ4v) is 2.89. The van der Waals surface area contributed by atoms with Crippen LogP contribution in [0.15, 0.2) is 40.8 Å². The Balaban J connectivity index is 2.22. The van der Waals surface area contributed by atoms with Gasteiger partial charge in [-0.3, -0.25) is 0 Å². The third-order valence-electron chi connectivity index (χ3n) is 4.00. The molecule has 0 atom stereocenters. The zero-order valence-corrected chi connectivity index (χ0v) is 14.6. The number of hydrogen-bond donors (Lipinski definition) is 2. The molecule has 3 aromatic rings. The van der Waals surface area contributed by atoms with Gasteiger partial charge in [-0.2, -0.15) is 5.26 Å². The molecule has 3 N–H and O–H groups in total. The minimum atomic E-state index is -0.101. The first-order valence-corrected chi connectivity index (χ1v) is 8.16. The molecule has 0 radical (unpaired) electrons. The van der Waals surface area contributed by atoms with Gasteiger partial charge < -0.3 is 20.0 Å². The molecule has 0 aliphatic heterocycles. The lowest BCUT2D eigenvalue weighted by Gasteiger charge is -2.14. The van der Waals surface area contributed by atoms with Crippen molar-refractivity contribution < 1.29 is 14.3 Å². The Bertz CT molecular complexity index is 986. The maximum atomic E-state index is 9.58. The van der Waals surface area contributed by atoms with Gasteiger partial charge in [-0.1, -0.05) is 18.2 Å². The molecule has 1 aromatic carbocycles. The SMILES string of the molecule is Cc1cc(-c2cc(-c3ccccc3OCCO)c(C#N)c(N)n2)c(C)o1. The van der Waals surface area contributed by atoms with E-state index in [1.165, 1.54) is 0 Å². The highest BCUT2D eigenvalue weighted by Crippen LogP contribution is 2.37. The van der Waals surface area contributed by atoms with Crippen LogP contribution in [-0.4, -0.2) is 23.3 Å². The highest BCUT2D eigenvalue weighted by Gasteiger charge is 2.18. The smallest absolute Gasteiger partial charge is 0.142 e. The summed E-state index contributed by atoms with van der Waals surface area (Å²) >= 11 is 0. The van der Waals surface area contributed by atoms with Crippen LogP contribution in [-0.2, 0) is 0 Å². The molecule has 0 aliphatic rings. The first-order valence-electron chi connectivity index (χ1n) is 8.16. The van der Waals surface area contributed by atoms with E-state index in [2.05, 4.69) is 11.1 Å². The fraction of sp³-hybridized carbons (Fsp3) is 0.200. The van der Waals surface area contributed by atoms with E-state index >= 15 is 0 Å². The van der Waals surface area contributed by atoms with Crippen molar-refractivity contribution >= 4 is 5.82 Å². The van der Waals surface area contributed by atoms with Crippen molar-refractivity contribution in [2.75, 3.05) is 18.9 Å². The maximum Gasteiger partial charge on any atom is 0.142 e. The number of nitrogens with two attached hydrogens (primary N) is 1. The van der Waals surface area contributed by atoms with Crippen LogP contribution in [0, 0.1) is 25.2 Å². The van der Waals surface area contributed by atoms with Gasteiger partial charge in [0.2, 0.25) is 0 Å². The number of rotatable bonds is 5. The first-order chi connectivity index (χ1) is 12.5. The van der Waals surface area contributed by atoms with Crippen molar-refractivity contribution in [3.63, 3.8) is 0 Å². The monoisotopic (exact) mass is 349 g/mol. The average molecular weight is 349 g/mol. The molecule has 132 valence electrons. The second kappa shape index (κ2) is 7.30. The predicted octanol–water partition coefficient (Wildman–Crippen LogP) is 3.45. The Labute approximate surface area is 151 Å². The van der Waals surface area contributed by atoms with Gasteiger partial charge in [-0.25, -0.2) is 4.98 Å². The predicted molar refractivity (Wildman–Crippen MR) is 98.6 cm³/mol. The van der Waals surface area contributed by atoms with Crippen molar-refractivity contribution in [2.45, 2.75) is 13.8 Å². The quantitative estimate of drug-likeness (QED) is 0.731. The number of benzene rings is 1. The second-order valence-electron chi connectivity index (χ2n) is 5.82. The molecular weight excluding hydrogens is 330 g/mol. The Morgan fingerprint density at radius 1 is 1.19 bits per heavy atom. The summed E-state index contributed by atoms with van der Waals surface area (Å²) in [4.78, 5) is 4.38. The van der Waals surface area contributed by atoms with Crippen molar-refractivity contribution in [3.05, 3.63) is 53.5 Å². The zero-order chi connectivity index (χ0) is 18.7. The lowest BCUT2D eigenvalue weighted by molar-refractivity contribution is 0.202. The number of nitrogen functional groups attached to an aromatic ring is 1. The Morgan fingerprint density at radius 3 is 2.62 bits per heavy atom. The molecule has 6 heteroatoms.